The second kappa shape index (κ2) is 8.35. The van der Waals surface area contributed by atoms with Crippen LogP contribution >= 0.6 is 0 Å². The van der Waals surface area contributed by atoms with Gasteiger partial charge in [-0.1, -0.05) is 24.3 Å². The lowest BCUT2D eigenvalue weighted by Gasteiger charge is -2.32. The zero-order valence-corrected chi connectivity index (χ0v) is 18.7. The van der Waals surface area contributed by atoms with Crippen molar-refractivity contribution in [3.05, 3.63) is 59.9 Å². The van der Waals surface area contributed by atoms with Crippen molar-refractivity contribution in [2.24, 2.45) is 0 Å². The Labute approximate surface area is 183 Å². The number of fused-ring (bicyclic) bond motifs is 1. The van der Waals surface area contributed by atoms with Crippen LogP contribution in [0.25, 0.3) is 11.0 Å². The molecule has 0 radical (unpaired) electrons. The van der Waals surface area contributed by atoms with Crippen molar-refractivity contribution in [1.29, 1.82) is 0 Å². The van der Waals surface area contributed by atoms with E-state index in [1.165, 1.54) is 0 Å². The van der Waals surface area contributed by atoms with Gasteiger partial charge in [0.15, 0.2) is 0 Å². The first-order chi connectivity index (χ1) is 14.7. The molecule has 0 unspecified atom stereocenters. The zero-order valence-electron chi connectivity index (χ0n) is 18.7. The summed E-state index contributed by atoms with van der Waals surface area (Å²) >= 11 is 0. The lowest BCUT2D eigenvalue weighted by atomic mass is 10.1. The van der Waals surface area contributed by atoms with Crippen molar-refractivity contribution in [2.75, 3.05) is 13.2 Å². The summed E-state index contributed by atoms with van der Waals surface area (Å²) in [4.78, 5) is 19.4. The van der Waals surface area contributed by atoms with E-state index in [2.05, 4.69) is 25.3 Å². The first kappa shape index (κ1) is 21.4. The van der Waals surface area contributed by atoms with E-state index in [0.29, 0.717) is 19.5 Å². The molecule has 0 spiro atoms. The molecule has 1 aromatic heterocycles. The van der Waals surface area contributed by atoms with E-state index in [9.17, 15) is 9.90 Å². The first-order valence-corrected chi connectivity index (χ1v) is 10.9. The third-order valence-corrected chi connectivity index (χ3v) is 5.81. The number of amides is 1. The summed E-state index contributed by atoms with van der Waals surface area (Å²) in [5.41, 5.74) is 2.74. The number of aliphatic hydroxyl groups is 1. The summed E-state index contributed by atoms with van der Waals surface area (Å²) in [7, 11) is 0. The Morgan fingerprint density at radius 2 is 1.97 bits per heavy atom. The Morgan fingerprint density at radius 1 is 1.19 bits per heavy atom. The monoisotopic (exact) mass is 421 g/mol. The minimum Gasteiger partial charge on any atom is -0.491 e. The van der Waals surface area contributed by atoms with Crippen molar-refractivity contribution >= 4 is 16.9 Å². The van der Waals surface area contributed by atoms with Crippen molar-refractivity contribution in [3.63, 3.8) is 0 Å². The van der Waals surface area contributed by atoms with Gasteiger partial charge >= 0.3 is 0 Å². The van der Waals surface area contributed by atoms with Gasteiger partial charge in [0, 0.05) is 24.4 Å². The fourth-order valence-electron chi connectivity index (χ4n) is 4.29. The molecule has 31 heavy (non-hydrogen) atoms. The van der Waals surface area contributed by atoms with Crippen LogP contribution in [-0.2, 0) is 11.3 Å². The number of aliphatic hydroxyl groups excluding tert-OH is 1. The van der Waals surface area contributed by atoms with E-state index in [-0.39, 0.29) is 24.0 Å². The van der Waals surface area contributed by atoms with Crippen LogP contribution in [0, 0.1) is 6.92 Å². The SMILES string of the molecule is Cc1cccc(OC[C@H](O)Cn2c([C@H]3CC(=O)N(C(C)(C)C)C3)nc3ccccc32)c1. The molecule has 6 heteroatoms. The molecule has 164 valence electrons. The smallest absolute Gasteiger partial charge is 0.223 e. The Balaban J connectivity index is 1.56. The van der Waals surface area contributed by atoms with E-state index >= 15 is 0 Å². The third-order valence-electron chi connectivity index (χ3n) is 5.81. The number of rotatable bonds is 6. The maximum atomic E-state index is 12.7. The highest BCUT2D eigenvalue weighted by Crippen LogP contribution is 2.34. The molecule has 0 saturated carbocycles. The fraction of sp³-hybridized carbons (Fsp3) is 0.440. The predicted octanol–water partition coefficient (Wildman–Crippen LogP) is 3.90. The molecule has 0 bridgehead atoms. The number of aryl methyl sites for hydroxylation is 1. The van der Waals surface area contributed by atoms with Gasteiger partial charge in [0.05, 0.1) is 17.6 Å². The van der Waals surface area contributed by atoms with Gasteiger partial charge in [0.1, 0.15) is 24.3 Å². The number of para-hydroxylation sites is 2. The van der Waals surface area contributed by atoms with Gasteiger partial charge in [-0.3, -0.25) is 4.79 Å². The number of carbonyl (C=O) groups is 1. The molecule has 3 aromatic rings. The number of nitrogens with zero attached hydrogens (tertiary/aromatic N) is 3. The van der Waals surface area contributed by atoms with E-state index < -0.39 is 6.10 Å². The van der Waals surface area contributed by atoms with E-state index in [4.69, 9.17) is 9.72 Å². The number of benzene rings is 2. The maximum absolute atomic E-state index is 12.7. The molecular weight excluding hydrogens is 390 g/mol. The summed E-state index contributed by atoms with van der Waals surface area (Å²) in [6.45, 7) is 9.38. The highest BCUT2D eigenvalue weighted by atomic mass is 16.5. The van der Waals surface area contributed by atoms with Gasteiger partial charge in [0.2, 0.25) is 5.91 Å². The molecule has 6 nitrogen and oxygen atoms in total. The zero-order chi connectivity index (χ0) is 22.2. The average molecular weight is 422 g/mol. The molecule has 1 saturated heterocycles. The van der Waals surface area contributed by atoms with Crippen LogP contribution in [0.15, 0.2) is 48.5 Å². The maximum Gasteiger partial charge on any atom is 0.223 e. The summed E-state index contributed by atoms with van der Waals surface area (Å²) in [6.07, 6.45) is -0.260. The van der Waals surface area contributed by atoms with Crippen LogP contribution < -0.4 is 4.74 Å². The molecule has 1 amide bonds. The highest BCUT2D eigenvalue weighted by Gasteiger charge is 2.39. The Bertz CT molecular complexity index is 1080. The number of hydrogen-bond donors (Lipinski definition) is 1. The van der Waals surface area contributed by atoms with Crippen molar-refractivity contribution in [3.8, 4) is 5.75 Å². The summed E-state index contributed by atoms with van der Waals surface area (Å²) in [5.74, 6) is 1.76. The average Bonchev–Trinajstić information content (AvgIpc) is 3.27. The van der Waals surface area contributed by atoms with Gasteiger partial charge < -0.3 is 19.3 Å². The first-order valence-electron chi connectivity index (χ1n) is 10.9. The van der Waals surface area contributed by atoms with Crippen LogP contribution in [0.4, 0.5) is 0 Å². The molecule has 1 aliphatic rings. The molecule has 1 N–H and O–H groups in total. The quantitative estimate of drug-likeness (QED) is 0.656. The molecule has 1 aliphatic heterocycles. The van der Waals surface area contributed by atoms with Gasteiger partial charge in [-0.05, 0) is 57.5 Å². The number of carbonyl (C=O) groups excluding carboxylic acids is 1. The number of aromatic nitrogens is 2. The Hall–Kier alpha value is -2.86. The van der Waals surface area contributed by atoms with Gasteiger partial charge in [-0.15, -0.1) is 0 Å². The molecular formula is C25H31N3O3. The molecule has 1 fully saturated rings. The van der Waals surface area contributed by atoms with Gasteiger partial charge in [0.25, 0.3) is 0 Å². The number of ether oxygens (including phenoxy) is 1. The topological polar surface area (TPSA) is 67.6 Å². The van der Waals surface area contributed by atoms with Crippen LogP contribution in [0.5, 0.6) is 5.75 Å². The van der Waals surface area contributed by atoms with E-state index in [0.717, 1.165) is 28.2 Å². The van der Waals surface area contributed by atoms with Gasteiger partial charge in [-0.25, -0.2) is 4.98 Å². The molecule has 2 heterocycles. The predicted molar refractivity (Wildman–Crippen MR) is 121 cm³/mol. The third kappa shape index (κ3) is 4.59. The lowest BCUT2D eigenvalue weighted by molar-refractivity contribution is -0.131. The summed E-state index contributed by atoms with van der Waals surface area (Å²) in [5, 5.41) is 10.8. The molecule has 4 rings (SSSR count). The van der Waals surface area contributed by atoms with Gasteiger partial charge in [-0.2, -0.15) is 0 Å². The standard InChI is InChI=1S/C25H31N3O3/c1-17-8-7-9-20(12-17)31-16-19(29)15-27-22-11-6-5-10-21(22)26-24(27)18-13-23(30)28(14-18)25(2,3)4/h5-12,18-19,29H,13-16H2,1-4H3/t18-,19+/m0/s1. The number of hydrogen-bond acceptors (Lipinski definition) is 4. The van der Waals surface area contributed by atoms with Crippen LogP contribution in [0.2, 0.25) is 0 Å². The van der Waals surface area contributed by atoms with Crippen molar-refractivity contribution in [1.82, 2.24) is 14.5 Å². The summed E-state index contributed by atoms with van der Waals surface area (Å²) < 4.78 is 7.87. The second-order valence-corrected chi connectivity index (χ2v) is 9.43. The van der Waals surface area contributed by atoms with Crippen molar-refractivity contribution in [2.45, 2.75) is 58.2 Å². The summed E-state index contributed by atoms with van der Waals surface area (Å²) in [6, 6.07) is 15.7. The van der Waals surface area contributed by atoms with E-state index in [1.54, 1.807) is 0 Å². The van der Waals surface area contributed by atoms with Crippen LogP contribution in [-0.4, -0.2) is 50.3 Å². The molecule has 2 aromatic carbocycles. The second-order valence-electron chi connectivity index (χ2n) is 9.43. The van der Waals surface area contributed by atoms with Crippen LogP contribution in [0.1, 0.15) is 44.5 Å². The molecule has 2 atom stereocenters. The normalized spacial score (nSPS) is 18.0. The Morgan fingerprint density at radius 3 is 2.68 bits per heavy atom. The number of likely N-dealkylation sites (tertiary alicyclic amines) is 1. The molecule has 0 aliphatic carbocycles. The Kier molecular flexibility index (Phi) is 5.75. The largest absolute Gasteiger partial charge is 0.491 e. The highest BCUT2D eigenvalue weighted by molar-refractivity contribution is 5.81. The van der Waals surface area contributed by atoms with Crippen molar-refractivity contribution < 1.29 is 14.6 Å². The minimum atomic E-state index is -0.701. The number of imidazole rings is 1. The fourth-order valence-corrected chi connectivity index (χ4v) is 4.29. The minimum absolute atomic E-state index is 0.00372. The van der Waals surface area contributed by atoms with Crippen LogP contribution in [0.3, 0.4) is 0 Å². The lowest BCUT2D eigenvalue weighted by Crippen LogP contribution is -2.42. The van der Waals surface area contributed by atoms with E-state index in [1.807, 2.05) is 60.4 Å².